The molecule has 0 spiro atoms. The van der Waals surface area contributed by atoms with E-state index in [1.807, 2.05) is 12.1 Å². The van der Waals surface area contributed by atoms with Crippen molar-refractivity contribution in [2.45, 2.75) is 31.4 Å². The Labute approximate surface area is 145 Å². The second-order valence-electron chi connectivity index (χ2n) is 5.91. The van der Waals surface area contributed by atoms with Crippen LogP contribution in [0.3, 0.4) is 0 Å². The van der Waals surface area contributed by atoms with Crippen LogP contribution in [0.1, 0.15) is 31.1 Å². The molecule has 1 fully saturated rings. The van der Waals surface area contributed by atoms with E-state index in [9.17, 15) is 9.90 Å². The second kappa shape index (κ2) is 7.83. The number of aliphatic hydroxyl groups is 1. The van der Waals surface area contributed by atoms with Gasteiger partial charge in [-0.25, -0.2) is 0 Å². The molecule has 0 aliphatic carbocycles. The fraction of sp³-hybridized carbons (Fsp3) is 0.389. The van der Waals surface area contributed by atoms with Crippen LogP contribution in [0.2, 0.25) is 5.02 Å². The zero-order valence-electron chi connectivity index (χ0n) is 13.2. The van der Waals surface area contributed by atoms with Crippen LogP contribution in [-0.4, -0.2) is 30.3 Å². The second-order valence-corrected chi connectivity index (χ2v) is 6.34. The third-order valence-corrected chi connectivity index (χ3v) is 4.30. The van der Waals surface area contributed by atoms with Gasteiger partial charge in [0.1, 0.15) is 24.2 Å². The first-order chi connectivity index (χ1) is 11.6. The van der Waals surface area contributed by atoms with Gasteiger partial charge in [0, 0.05) is 16.6 Å². The Kier molecular flexibility index (Phi) is 5.56. The van der Waals surface area contributed by atoms with Crippen LogP contribution in [0, 0.1) is 0 Å². The van der Waals surface area contributed by atoms with Crippen molar-refractivity contribution in [2.75, 3.05) is 13.2 Å². The number of carbonyl (C=O) groups is 1. The van der Waals surface area contributed by atoms with Gasteiger partial charge >= 0.3 is 5.97 Å². The largest absolute Gasteiger partial charge is 0.464 e. The summed E-state index contributed by atoms with van der Waals surface area (Å²) in [6.45, 7) is 1.31. The highest BCUT2D eigenvalue weighted by Crippen LogP contribution is 2.27. The smallest absolute Gasteiger partial charge is 0.308 e. The van der Waals surface area contributed by atoms with E-state index >= 15 is 0 Å². The van der Waals surface area contributed by atoms with Gasteiger partial charge in [0.05, 0.1) is 6.42 Å². The van der Waals surface area contributed by atoms with Crippen molar-refractivity contribution >= 4 is 17.6 Å². The van der Waals surface area contributed by atoms with Crippen molar-refractivity contribution in [1.29, 1.82) is 0 Å². The Balaban J connectivity index is 1.54. The topological polar surface area (TPSA) is 71.7 Å². The molecule has 24 heavy (non-hydrogen) atoms. The van der Waals surface area contributed by atoms with Crippen molar-refractivity contribution in [2.24, 2.45) is 0 Å². The monoisotopic (exact) mass is 349 g/mol. The first kappa shape index (κ1) is 17.0. The number of ether oxygens (including phenoxy) is 1. The van der Waals surface area contributed by atoms with Gasteiger partial charge < -0.3 is 19.6 Å². The van der Waals surface area contributed by atoms with Gasteiger partial charge in [0.2, 0.25) is 0 Å². The van der Waals surface area contributed by atoms with Crippen molar-refractivity contribution in [3.63, 3.8) is 0 Å². The number of rotatable bonds is 6. The normalized spacial score (nSPS) is 18.5. The Morgan fingerprint density at radius 3 is 2.83 bits per heavy atom. The van der Waals surface area contributed by atoms with Crippen molar-refractivity contribution < 1.29 is 19.1 Å². The van der Waals surface area contributed by atoms with E-state index in [0.717, 1.165) is 24.9 Å². The Bertz CT molecular complexity index is 677. The highest BCUT2D eigenvalue weighted by Gasteiger charge is 2.20. The summed E-state index contributed by atoms with van der Waals surface area (Å²) in [4.78, 5) is 11.8. The fourth-order valence-electron chi connectivity index (χ4n) is 2.71. The Morgan fingerprint density at radius 2 is 2.12 bits per heavy atom. The van der Waals surface area contributed by atoms with Gasteiger partial charge in [-0.15, -0.1) is 0 Å². The maximum atomic E-state index is 11.8. The molecule has 0 bridgehead atoms. The SMILES string of the molecule is O=C(CC(O)c1ccc(-c2ccc(Cl)cc2)o1)OCC1CCCN1. The van der Waals surface area contributed by atoms with Crippen LogP contribution in [0.15, 0.2) is 40.8 Å². The molecule has 1 aliphatic heterocycles. The minimum absolute atomic E-state index is 0.125. The standard InChI is InChI=1S/C18H20ClNO4/c19-13-5-3-12(4-6-13)16-7-8-17(24-16)15(21)10-18(22)23-11-14-2-1-9-20-14/h3-8,14-15,20-21H,1-2,9-11H2. The molecular formula is C18H20ClNO4. The van der Waals surface area contributed by atoms with Gasteiger partial charge in [-0.2, -0.15) is 0 Å². The van der Waals surface area contributed by atoms with E-state index in [4.69, 9.17) is 20.8 Å². The number of nitrogens with one attached hydrogen (secondary N) is 1. The van der Waals surface area contributed by atoms with Gasteiger partial charge in [0.15, 0.2) is 0 Å². The number of furan rings is 1. The molecule has 128 valence electrons. The summed E-state index contributed by atoms with van der Waals surface area (Å²) in [5.74, 6) is 0.528. The average Bonchev–Trinajstić information content (AvgIpc) is 3.25. The molecular weight excluding hydrogens is 330 g/mol. The minimum atomic E-state index is -1.02. The molecule has 1 saturated heterocycles. The lowest BCUT2D eigenvalue weighted by Crippen LogP contribution is -2.28. The number of carbonyl (C=O) groups excluding carboxylic acids is 1. The predicted molar refractivity (Wildman–Crippen MR) is 90.7 cm³/mol. The van der Waals surface area contributed by atoms with Crippen molar-refractivity contribution in [3.8, 4) is 11.3 Å². The van der Waals surface area contributed by atoms with E-state index in [1.54, 1.807) is 24.3 Å². The van der Waals surface area contributed by atoms with E-state index in [2.05, 4.69) is 5.32 Å². The van der Waals surface area contributed by atoms with Crippen LogP contribution in [0.4, 0.5) is 0 Å². The molecule has 6 heteroatoms. The quantitative estimate of drug-likeness (QED) is 0.783. The van der Waals surface area contributed by atoms with Crippen molar-refractivity contribution in [3.05, 3.63) is 47.2 Å². The molecule has 2 N–H and O–H groups in total. The Hall–Kier alpha value is -1.82. The van der Waals surface area contributed by atoms with Crippen LogP contribution < -0.4 is 5.32 Å². The summed E-state index contributed by atoms with van der Waals surface area (Å²) in [6, 6.07) is 10.9. The highest BCUT2D eigenvalue weighted by atomic mass is 35.5. The summed E-state index contributed by atoms with van der Waals surface area (Å²) in [7, 11) is 0. The van der Waals surface area contributed by atoms with Crippen LogP contribution in [0.5, 0.6) is 0 Å². The molecule has 5 nitrogen and oxygen atoms in total. The van der Waals surface area contributed by atoms with Gasteiger partial charge in [-0.1, -0.05) is 11.6 Å². The molecule has 0 amide bonds. The summed E-state index contributed by atoms with van der Waals surface area (Å²) in [6.07, 6.45) is 0.971. The van der Waals surface area contributed by atoms with Crippen molar-refractivity contribution in [1.82, 2.24) is 5.32 Å². The van der Waals surface area contributed by atoms with E-state index in [0.29, 0.717) is 23.2 Å². The van der Waals surface area contributed by atoms with E-state index in [-0.39, 0.29) is 12.5 Å². The molecule has 1 aromatic carbocycles. The summed E-state index contributed by atoms with van der Waals surface area (Å²) in [5.41, 5.74) is 0.854. The molecule has 1 aliphatic rings. The van der Waals surface area contributed by atoms with E-state index < -0.39 is 12.1 Å². The zero-order chi connectivity index (χ0) is 16.9. The lowest BCUT2D eigenvalue weighted by atomic mass is 10.2. The maximum absolute atomic E-state index is 11.8. The third-order valence-electron chi connectivity index (χ3n) is 4.05. The lowest BCUT2D eigenvalue weighted by molar-refractivity contribution is -0.146. The maximum Gasteiger partial charge on any atom is 0.308 e. The fourth-order valence-corrected chi connectivity index (χ4v) is 2.84. The number of aliphatic hydroxyl groups excluding tert-OH is 1. The third kappa shape index (κ3) is 4.38. The van der Waals surface area contributed by atoms with Gasteiger partial charge in [0.25, 0.3) is 0 Å². The zero-order valence-corrected chi connectivity index (χ0v) is 14.0. The molecule has 2 atom stereocenters. The first-order valence-corrected chi connectivity index (χ1v) is 8.42. The summed E-state index contributed by atoms with van der Waals surface area (Å²) >= 11 is 5.86. The molecule has 2 heterocycles. The first-order valence-electron chi connectivity index (χ1n) is 8.04. The number of esters is 1. The summed E-state index contributed by atoms with van der Waals surface area (Å²) < 4.78 is 10.8. The summed E-state index contributed by atoms with van der Waals surface area (Å²) in [5, 5.41) is 14.1. The van der Waals surface area contributed by atoms with E-state index in [1.165, 1.54) is 0 Å². The highest BCUT2D eigenvalue weighted by molar-refractivity contribution is 6.30. The molecule has 2 aromatic rings. The van der Waals surface area contributed by atoms with Crippen LogP contribution in [0.25, 0.3) is 11.3 Å². The predicted octanol–water partition coefficient (Wildman–Crippen LogP) is 3.32. The molecule has 0 saturated carbocycles. The lowest BCUT2D eigenvalue weighted by Gasteiger charge is -2.12. The molecule has 0 radical (unpaired) electrons. The molecule has 1 aromatic heterocycles. The Morgan fingerprint density at radius 1 is 1.33 bits per heavy atom. The molecule has 2 unspecified atom stereocenters. The van der Waals surface area contributed by atoms with Gasteiger partial charge in [-0.05, 0) is 55.8 Å². The number of hydrogen-bond donors (Lipinski definition) is 2. The number of benzene rings is 1. The van der Waals surface area contributed by atoms with Crippen LogP contribution in [-0.2, 0) is 9.53 Å². The van der Waals surface area contributed by atoms with Crippen LogP contribution >= 0.6 is 11.6 Å². The number of halogens is 1. The minimum Gasteiger partial charge on any atom is -0.464 e. The average molecular weight is 350 g/mol. The molecule has 3 rings (SSSR count). The van der Waals surface area contributed by atoms with Gasteiger partial charge in [-0.3, -0.25) is 4.79 Å². The number of hydrogen-bond acceptors (Lipinski definition) is 5.